The van der Waals surface area contributed by atoms with Gasteiger partial charge in [0.1, 0.15) is 0 Å². The first-order valence-corrected chi connectivity index (χ1v) is 8.68. The summed E-state index contributed by atoms with van der Waals surface area (Å²) < 4.78 is 6.21. The van der Waals surface area contributed by atoms with Crippen LogP contribution in [0.2, 0.25) is 0 Å². The van der Waals surface area contributed by atoms with Gasteiger partial charge in [-0.25, -0.2) is 0 Å². The minimum Gasteiger partial charge on any atom is -0.274 e. The Kier molecular flexibility index (Phi) is 16.6. The number of carbonyl (C=O) groups excluding carboxylic acids is 2. The van der Waals surface area contributed by atoms with Gasteiger partial charge in [0.2, 0.25) is 0 Å². The third-order valence-electron chi connectivity index (χ3n) is 3.26. The van der Waals surface area contributed by atoms with E-state index >= 15 is 0 Å². The van der Waals surface area contributed by atoms with Crippen molar-refractivity contribution in [2.45, 2.75) is 40.0 Å². The molecule has 0 spiro atoms. The highest BCUT2D eigenvalue weighted by atomic mass is 16.2. The predicted molar refractivity (Wildman–Crippen MR) is 109 cm³/mol. The summed E-state index contributed by atoms with van der Waals surface area (Å²) in [6.45, 7) is 5.56. The van der Waals surface area contributed by atoms with Crippen LogP contribution in [0.25, 0.3) is 20.9 Å². The molecule has 0 bridgehead atoms. The molecule has 1 aliphatic rings. The maximum absolute atomic E-state index is 11.9. The highest BCUT2D eigenvalue weighted by Gasteiger charge is 2.34. The Labute approximate surface area is 166 Å². The Morgan fingerprint density at radius 3 is 1.86 bits per heavy atom. The van der Waals surface area contributed by atoms with E-state index in [1.165, 1.54) is 4.90 Å². The lowest BCUT2D eigenvalue weighted by atomic mass is 10.1. The monoisotopic (exact) mass is 392 g/mol. The van der Waals surface area contributed by atoms with Gasteiger partial charge in [0.05, 0.1) is 11.1 Å². The lowest BCUT2D eigenvalue weighted by molar-refractivity contribution is 0.0653. The molecule has 0 aromatic heterocycles. The van der Waals surface area contributed by atoms with Crippen molar-refractivity contribution >= 4 is 11.8 Å². The Morgan fingerprint density at radius 2 is 1.46 bits per heavy atom. The fourth-order valence-electron chi connectivity index (χ4n) is 2.06. The Morgan fingerprint density at radius 1 is 1.04 bits per heavy atom. The first-order chi connectivity index (χ1) is 14.1. The molecule has 2 rings (SSSR count). The molecule has 0 fully saturated rings. The summed E-state index contributed by atoms with van der Waals surface area (Å²) in [4.78, 5) is 30.1. The van der Waals surface area contributed by atoms with Gasteiger partial charge in [0.25, 0.3) is 11.8 Å². The molecular formula is C17H29N9O2. The SMILES string of the molecule is CCCCN=[N+]=[N-].NN.[2H]CC.[N-]=[N+]=NCCCN1C(=O)c2ccccc2C1=O. The van der Waals surface area contributed by atoms with Crippen LogP contribution in [0.15, 0.2) is 34.5 Å². The first kappa shape index (κ1) is 24.9. The van der Waals surface area contributed by atoms with Gasteiger partial charge in [-0.1, -0.05) is 49.5 Å². The van der Waals surface area contributed by atoms with Crippen LogP contribution in [0.5, 0.6) is 0 Å². The number of unbranched alkanes of at least 4 members (excludes halogenated alkanes) is 1. The van der Waals surface area contributed by atoms with Gasteiger partial charge < -0.3 is 0 Å². The molecule has 0 radical (unpaired) electrons. The lowest BCUT2D eigenvalue weighted by Gasteiger charge is -2.12. The van der Waals surface area contributed by atoms with E-state index in [9.17, 15) is 9.59 Å². The van der Waals surface area contributed by atoms with E-state index in [2.05, 4.69) is 38.7 Å². The van der Waals surface area contributed by atoms with Crippen molar-refractivity contribution in [2.24, 2.45) is 21.9 Å². The average Bonchev–Trinajstić information content (AvgIpc) is 2.99. The minimum atomic E-state index is -0.272. The molecule has 1 heterocycles. The smallest absolute Gasteiger partial charge is 0.261 e. The van der Waals surface area contributed by atoms with Crippen LogP contribution in [0.1, 0.15) is 62.1 Å². The van der Waals surface area contributed by atoms with Crippen molar-refractivity contribution in [3.8, 4) is 0 Å². The average molecular weight is 392 g/mol. The van der Waals surface area contributed by atoms with Crippen molar-refractivity contribution in [1.82, 2.24) is 4.90 Å². The van der Waals surface area contributed by atoms with E-state index in [0.29, 0.717) is 31.0 Å². The van der Waals surface area contributed by atoms with Crippen LogP contribution in [-0.2, 0) is 0 Å². The molecule has 0 saturated carbocycles. The highest BCUT2D eigenvalue weighted by Crippen LogP contribution is 2.22. The molecule has 0 saturated heterocycles. The third kappa shape index (κ3) is 9.56. The summed E-state index contributed by atoms with van der Waals surface area (Å²) in [5.74, 6) is 7.46. The molecular weight excluding hydrogens is 362 g/mol. The topological polar surface area (TPSA) is 187 Å². The molecule has 1 aliphatic heterocycles. The molecule has 0 aliphatic carbocycles. The van der Waals surface area contributed by atoms with Crippen molar-refractivity contribution in [3.63, 3.8) is 0 Å². The zero-order chi connectivity index (χ0) is 22.5. The number of azide groups is 2. The lowest BCUT2D eigenvalue weighted by Crippen LogP contribution is -2.31. The number of amides is 2. The van der Waals surface area contributed by atoms with Crippen LogP contribution in [0, 0.1) is 0 Å². The van der Waals surface area contributed by atoms with Gasteiger partial charge in [-0.15, -0.1) is 0 Å². The number of rotatable bonds is 7. The summed E-state index contributed by atoms with van der Waals surface area (Å²) in [6, 6.07) is 6.74. The number of benzene rings is 1. The van der Waals surface area contributed by atoms with Crippen molar-refractivity contribution in [1.29, 1.82) is 0 Å². The summed E-state index contributed by atoms with van der Waals surface area (Å²) in [7, 11) is 0. The van der Waals surface area contributed by atoms with Crippen molar-refractivity contribution in [2.75, 3.05) is 19.6 Å². The van der Waals surface area contributed by atoms with Gasteiger partial charge in [0, 0.05) is 30.8 Å². The molecule has 4 N–H and O–H groups in total. The number of imide groups is 1. The van der Waals surface area contributed by atoms with E-state index in [4.69, 9.17) is 12.4 Å². The van der Waals surface area contributed by atoms with Gasteiger partial charge in [-0.05, 0) is 36.0 Å². The normalized spacial score (nSPS) is 11.0. The molecule has 1 aromatic rings. The molecule has 11 heteroatoms. The van der Waals surface area contributed by atoms with Crippen LogP contribution < -0.4 is 11.7 Å². The number of hydrazine groups is 1. The summed E-state index contributed by atoms with van der Waals surface area (Å²) in [6.07, 6.45) is 2.58. The quantitative estimate of drug-likeness (QED) is 0.135. The van der Waals surface area contributed by atoms with E-state index in [1.54, 1.807) is 31.2 Å². The zero-order valence-electron chi connectivity index (χ0n) is 17.4. The van der Waals surface area contributed by atoms with Crippen LogP contribution in [0.3, 0.4) is 0 Å². The minimum absolute atomic E-state index is 0.272. The molecule has 2 amide bonds. The summed E-state index contributed by atoms with van der Waals surface area (Å²) in [5, 5.41) is 6.71. The van der Waals surface area contributed by atoms with Gasteiger partial charge in [-0.3, -0.25) is 26.2 Å². The number of nitrogens with zero attached hydrogens (tertiary/aromatic N) is 7. The fourth-order valence-corrected chi connectivity index (χ4v) is 2.06. The highest BCUT2D eigenvalue weighted by molar-refractivity contribution is 6.21. The number of carbonyl (C=O) groups is 2. The maximum Gasteiger partial charge on any atom is 0.261 e. The first-order valence-electron chi connectivity index (χ1n) is 9.39. The molecule has 28 heavy (non-hydrogen) atoms. The standard InChI is InChI=1S/C11H10N4O2.C4H9N3.C2H6.H4N2/c12-14-13-6-3-7-15-10(16)8-4-1-2-5-9(8)11(15)17;1-2-3-4-6-7-5;2*1-2/h1-2,4-5H,3,6-7H2;2-4H2,1H3;1-2H3;1-2H2/i;;1D;. The molecule has 154 valence electrons. The molecule has 0 unspecified atom stereocenters. The van der Waals surface area contributed by atoms with E-state index in [1.807, 2.05) is 0 Å². The molecule has 0 atom stereocenters. The number of fused-ring (bicyclic) bond motifs is 1. The molecule has 1 aromatic carbocycles. The van der Waals surface area contributed by atoms with Crippen LogP contribution in [0.4, 0.5) is 0 Å². The van der Waals surface area contributed by atoms with Crippen LogP contribution >= 0.6 is 0 Å². The third-order valence-corrected chi connectivity index (χ3v) is 3.26. The Hall–Kier alpha value is -3.10. The second-order valence-corrected chi connectivity index (χ2v) is 4.92. The van der Waals surface area contributed by atoms with E-state index < -0.39 is 0 Å². The van der Waals surface area contributed by atoms with Gasteiger partial charge in [-0.2, -0.15) is 0 Å². The number of hydrogen-bond donors (Lipinski definition) is 2. The van der Waals surface area contributed by atoms with E-state index in [-0.39, 0.29) is 24.9 Å². The number of hydrogen-bond acceptors (Lipinski definition) is 6. The second kappa shape index (κ2) is 18.7. The summed E-state index contributed by atoms with van der Waals surface area (Å²) >= 11 is 0. The Bertz CT molecular complexity index is 667. The number of nitrogens with two attached hydrogens (primary N) is 2. The fraction of sp³-hybridized carbons (Fsp3) is 0.529. The van der Waals surface area contributed by atoms with Gasteiger partial charge >= 0.3 is 0 Å². The molecule has 11 nitrogen and oxygen atoms in total. The second-order valence-electron chi connectivity index (χ2n) is 4.92. The van der Waals surface area contributed by atoms with Crippen LogP contribution in [-0.4, -0.2) is 36.3 Å². The van der Waals surface area contributed by atoms with E-state index in [0.717, 1.165) is 12.8 Å². The predicted octanol–water partition coefficient (Wildman–Crippen LogP) is 3.92. The van der Waals surface area contributed by atoms with Crippen molar-refractivity contribution in [3.05, 3.63) is 56.3 Å². The largest absolute Gasteiger partial charge is 0.274 e. The Balaban J connectivity index is 0. The maximum atomic E-state index is 11.9. The summed E-state index contributed by atoms with van der Waals surface area (Å²) in [5.41, 5.74) is 16.8. The van der Waals surface area contributed by atoms with Crippen molar-refractivity contribution < 1.29 is 11.0 Å². The zero-order valence-corrected chi connectivity index (χ0v) is 16.4. The van der Waals surface area contributed by atoms with Gasteiger partial charge in [0.15, 0.2) is 0 Å².